The second-order valence-corrected chi connectivity index (χ2v) is 7.84. The molecule has 0 fully saturated rings. The molecule has 0 aliphatic heterocycles. The second kappa shape index (κ2) is 14.4. The molecule has 162 valence electrons. The third-order valence-electron chi connectivity index (χ3n) is 5.39. The van der Waals surface area contributed by atoms with Gasteiger partial charge in [0.25, 0.3) is 0 Å². The molecule has 0 amide bonds. The molecule has 2 N–H and O–H groups in total. The third-order valence-corrected chi connectivity index (χ3v) is 5.39. The Hall–Kier alpha value is -1.58. The van der Waals surface area contributed by atoms with E-state index in [4.69, 9.17) is 9.47 Å². The summed E-state index contributed by atoms with van der Waals surface area (Å²) >= 11 is 0. The van der Waals surface area contributed by atoms with E-state index >= 15 is 0 Å². The largest absolute Gasteiger partial charge is 0.504 e. The lowest BCUT2D eigenvalue weighted by molar-refractivity contribution is 0.243. The van der Waals surface area contributed by atoms with E-state index in [9.17, 15) is 10.2 Å². The van der Waals surface area contributed by atoms with Crippen LogP contribution in [0.5, 0.6) is 23.0 Å². The Kier molecular flexibility index (Phi) is 12.6. The summed E-state index contributed by atoms with van der Waals surface area (Å²) < 4.78 is 11.9. The second-order valence-electron chi connectivity index (χ2n) is 7.84. The van der Waals surface area contributed by atoms with Gasteiger partial charge in [-0.05, 0) is 26.7 Å². The average Bonchev–Trinajstić information content (AvgIpc) is 2.70. The first kappa shape index (κ1) is 24.5. The molecule has 4 heteroatoms. The molecule has 1 aromatic rings. The van der Waals surface area contributed by atoms with Gasteiger partial charge in [-0.3, -0.25) is 0 Å². The maximum absolute atomic E-state index is 10.4. The minimum absolute atomic E-state index is 0.109. The lowest BCUT2D eigenvalue weighted by Gasteiger charge is -2.19. The van der Waals surface area contributed by atoms with E-state index in [0.717, 1.165) is 31.2 Å². The summed E-state index contributed by atoms with van der Waals surface area (Å²) in [4.78, 5) is 0. The van der Waals surface area contributed by atoms with Crippen LogP contribution in [0.15, 0.2) is 0 Å². The Morgan fingerprint density at radius 1 is 0.536 bits per heavy atom. The Morgan fingerprint density at radius 3 is 1.46 bits per heavy atom. The van der Waals surface area contributed by atoms with Gasteiger partial charge in [0.05, 0.1) is 13.2 Å². The number of aromatic hydroxyl groups is 2. The molecule has 0 spiro atoms. The van der Waals surface area contributed by atoms with Crippen molar-refractivity contribution in [1.82, 2.24) is 0 Å². The summed E-state index contributed by atoms with van der Waals surface area (Å²) in [6.45, 7) is 9.25. The molecule has 0 heterocycles. The van der Waals surface area contributed by atoms with E-state index in [1.807, 2.05) is 6.92 Å². The molecule has 0 aliphatic carbocycles. The zero-order valence-corrected chi connectivity index (χ0v) is 18.6. The third kappa shape index (κ3) is 8.20. The summed E-state index contributed by atoms with van der Waals surface area (Å²) in [5, 5.41) is 20.6. The van der Waals surface area contributed by atoms with E-state index in [-0.39, 0.29) is 11.5 Å². The van der Waals surface area contributed by atoms with Crippen molar-refractivity contribution in [3.05, 3.63) is 11.1 Å². The minimum Gasteiger partial charge on any atom is -0.504 e. The van der Waals surface area contributed by atoms with Crippen molar-refractivity contribution in [1.29, 1.82) is 0 Å². The van der Waals surface area contributed by atoms with Crippen LogP contribution in [-0.4, -0.2) is 23.4 Å². The number of phenolic OH excluding ortho intramolecular Hbond substituents is 2. The summed E-state index contributed by atoms with van der Waals surface area (Å²) in [5.41, 5.74) is 1.47. The van der Waals surface area contributed by atoms with Crippen LogP contribution in [-0.2, 0) is 0 Å². The molecule has 0 atom stereocenters. The van der Waals surface area contributed by atoms with Crippen LogP contribution >= 0.6 is 0 Å². The van der Waals surface area contributed by atoms with Crippen molar-refractivity contribution in [2.24, 2.45) is 0 Å². The number of phenols is 2. The highest BCUT2D eigenvalue weighted by Crippen LogP contribution is 2.48. The van der Waals surface area contributed by atoms with Gasteiger partial charge in [0.15, 0.2) is 11.5 Å². The van der Waals surface area contributed by atoms with Crippen LogP contribution in [0.1, 0.15) is 102 Å². The van der Waals surface area contributed by atoms with Gasteiger partial charge in [0.1, 0.15) is 0 Å². The number of hydrogen-bond acceptors (Lipinski definition) is 4. The highest BCUT2D eigenvalue weighted by molar-refractivity contribution is 5.65. The van der Waals surface area contributed by atoms with Crippen LogP contribution in [0.2, 0.25) is 0 Å². The van der Waals surface area contributed by atoms with E-state index in [1.165, 1.54) is 51.4 Å². The predicted molar refractivity (Wildman–Crippen MR) is 117 cm³/mol. The van der Waals surface area contributed by atoms with Crippen LogP contribution in [0.25, 0.3) is 0 Å². The normalized spacial score (nSPS) is 11.0. The molecular formula is C24H42O4. The number of hydrogen-bond donors (Lipinski definition) is 2. The fourth-order valence-electron chi connectivity index (χ4n) is 3.33. The molecule has 0 saturated heterocycles. The molecule has 0 aromatic heterocycles. The van der Waals surface area contributed by atoms with Crippen molar-refractivity contribution in [3.8, 4) is 23.0 Å². The van der Waals surface area contributed by atoms with Gasteiger partial charge < -0.3 is 19.7 Å². The first-order valence-electron chi connectivity index (χ1n) is 11.3. The minimum atomic E-state index is -0.202. The molecule has 28 heavy (non-hydrogen) atoms. The van der Waals surface area contributed by atoms with Gasteiger partial charge in [-0.25, -0.2) is 0 Å². The Bertz CT molecular complexity index is 505. The molecule has 0 radical (unpaired) electrons. The summed E-state index contributed by atoms with van der Waals surface area (Å²) in [5.74, 6) is 0.557. The quantitative estimate of drug-likeness (QED) is 0.230. The lowest BCUT2D eigenvalue weighted by atomic mass is 10.1. The van der Waals surface area contributed by atoms with Crippen molar-refractivity contribution in [2.75, 3.05) is 13.2 Å². The maximum atomic E-state index is 10.4. The molecule has 0 saturated carbocycles. The fourth-order valence-corrected chi connectivity index (χ4v) is 3.33. The van der Waals surface area contributed by atoms with E-state index < -0.39 is 0 Å². The predicted octanol–water partition coefficient (Wildman–Crippen LogP) is 7.19. The Balaban J connectivity index is 2.60. The molecule has 0 aliphatic rings. The van der Waals surface area contributed by atoms with Crippen LogP contribution in [0, 0.1) is 13.8 Å². The highest BCUT2D eigenvalue weighted by atomic mass is 16.5. The average molecular weight is 395 g/mol. The van der Waals surface area contributed by atoms with Crippen molar-refractivity contribution < 1.29 is 19.7 Å². The molecular weight excluding hydrogens is 352 g/mol. The van der Waals surface area contributed by atoms with Crippen molar-refractivity contribution in [2.45, 2.75) is 105 Å². The molecule has 1 aromatic carbocycles. The first-order valence-corrected chi connectivity index (χ1v) is 11.3. The smallest absolute Gasteiger partial charge is 0.207 e. The standard InChI is InChI=1S/C24H42O4/c1-5-7-9-11-13-15-17-27-23-20(4)19(3)21(25)22(26)24(23)28-18-16-14-12-10-8-6-2/h25-26H,5-18H2,1-4H3. The highest BCUT2D eigenvalue weighted by Gasteiger charge is 2.22. The summed E-state index contributed by atoms with van der Waals surface area (Å²) in [7, 11) is 0. The van der Waals surface area contributed by atoms with E-state index in [1.54, 1.807) is 6.92 Å². The van der Waals surface area contributed by atoms with Gasteiger partial charge in [0, 0.05) is 11.1 Å². The summed E-state index contributed by atoms with van der Waals surface area (Å²) in [6, 6.07) is 0. The van der Waals surface area contributed by atoms with Gasteiger partial charge in [-0.2, -0.15) is 0 Å². The van der Waals surface area contributed by atoms with Crippen molar-refractivity contribution in [3.63, 3.8) is 0 Å². The number of unbranched alkanes of at least 4 members (excludes halogenated alkanes) is 10. The van der Waals surface area contributed by atoms with Crippen LogP contribution in [0.3, 0.4) is 0 Å². The summed E-state index contributed by atoms with van der Waals surface area (Å²) in [6.07, 6.45) is 14.2. The van der Waals surface area contributed by atoms with Gasteiger partial charge in [-0.15, -0.1) is 0 Å². The van der Waals surface area contributed by atoms with E-state index in [0.29, 0.717) is 30.3 Å². The molecule has 0 bridgehead atoms. The van der Waals surface area contributed by atoms with Gasteiger partial charge in [0.2, 0.25) is 11.5 Å². The topological polar surface area (TPSA) is 58.9 Å². The number of rotatable bonds is 16. The SMILES string of the molecule is CCCCCCCCOc1c(C)c(C)c(O)c(O)c1OCCCCCCCC. The molecule has 4 nitrogen and oxygen atoms in total. The van der Waals surface area contributed by atoms with Crippen LogP contribution < -0.4 is 9.47 Å². The van der Waals surface area contributed by atoms with Crippen LogP contribution in [0.4, 0.5) is 0 Å². The number of benzene rings is 1. The fraction of sp³-hybridized carbons (Fsp3) is 0.750. The zero-order chi connectivity index (χ0) is 20.8. The van der Waals surface area contributed by atoms with Gasteiger partial charge >= 0.3 is 0 Å². The molecule has 0 unspecified atom stereocenters. The van der Waals surface area contributed by atoms with E-state index in [2.05, 4.69) is 13.8 Å². The van der Waals surface area contributed by atoms with Crippen molar-refractivity contribution >= 4 is 0 Å². The monoisotopic (exact) mass is 394 g/mol. The zero-order valence-electron chi connectivity index (χ0n) is 18.6. The lowest BCUT2D eigenvalue weighted by Crippen LogP contribution is -2.05. The first-order chi connectivity index (χ1) is 13.5. The Morgan fingerprint density at radius 2 is 0.964 bits per heavy atom. The Labute approximate surface area is 172 Å². The maximum Gasteiger partial charge on any atom is 0.207 e. The van der Waals surface area contributed by atoms with Gasteiger partial charge in [-0.1, -0.05) is 78.1 Å². The molecule has 1 rings (SSSR count). The number of ether oxygens (including phenoxy) is 2.